The number of aryl methyl sites for hydroxylation is 1. The van der Waals surface area contributed by atoms with Gasteiger partial charge in [0.15, 0.2) is 11.6 Å². The molecule has 10 heteroatoms. The number of hydrogen-bond acceptors (Lipinski definition) is 7. The molecule has 0 radical (unpaired) electrons. The van der Waals surface area contributed by atoms with Crippen LogP contribution in [0.15, 0.2) is 59.8 Å². The van der Waals surface area contributed by atoms with Crippen molar-refractivity contribution in [2.24, 2.45) is 0 Å². The van der Waals surface area contributed by atoms with Crippen LogP contribution in [0.3, 0.4) is 0 Å². The second-order valence-corrected chi connectivity index (χ2v) is 8.84. The van der Waals surface area contributed by atoms with Crippen LogP contribution in [0.2, 0.25) is 0 Å². The highest BCUT2D eigenvalue weighted by Crippen LogP contribution is 2.23. The first-order chi connectivity index (χ1) is 14.4. The van der Waals surface area contributed by atoms with Crippen LogP contribution in [0.1, 0.15) is 5.56 Å². The van der Waals surface area contributed by atoms with Crippen molar-refractivity contribution < 1.29 is 12.8 Å². The molecule has 1 aromatic carbocycles. The van der Waals surface area contributed by atoms with Crippen LogP contribution in [0.5, 0.6) is 0 Å². The molecular weight excluding hydrogens is 407 g/mol. The van der Waals surface area contributed by atoms with Gasteiger partial charge in [0.1, 0.15) is 5.82 Å². The van der Waals surface area contributed by atoms with Gasteiger partial charge in [-0.25, -0.2) is 12.8 Å². The van der Waals surface area contributed by atoms with Crippen molar-refractivity contribution in [2.45, 2.75) is 11.8 Å². The molecule has 1 aliphatic heterocycles. The van der Waals surface area contributed by atoms with Gasteiger partial charge < -0.3 is 10.2 Å². The molecule has 3 heterocycles. The highest BCUT2D eigenvalue weighted by molar-refractivity contribution is 7.89. The minimum absolute atomic E-state index is 0.0160. The average Bonchev–Trinajstić information content (AvgIpc) is 2.77. The molecule has 156 valence electrons. The number of piperazine rings is 1. The summed E-state index contributed by atoms with van der Waals surface area (Å²) < 4.78 is 40.8. The van der Waals surface area contributed by atoms with Gasteiger partial charge in [0, 0.05) is 44.3 Å². The number of benzene rings is 1. The van der Waals surface area contributed by atoms with E-state index < -0.39 is 15.8 Å². The highest BCUT2D eigenvalue weighted by Gasteiger charge is 2.30. The first-order valence-corrected chi connectivity index (χ1v) is 10.9. The highest BCUT2D eigenvalue weighted by atomic mass is 32.2. The molecule has 0 unspecified atom stereocenters. The van der Waals surface area contributed by atoms with Gasteiger partial charge in [0.05, 0.1) is 4.90 Å². The number of hydrogen-bond donors (Lipinski definition) is 1. The van der Waals surface area contributed by atoms with Crippen molar-refractivity contribution in [3.63, 3.8) is 0 Å². The zero-order valence-corrected chi connectivity index (χ0v) is 17.2. The molecule has 0 saturated carbocycles. The van der Waals surface area contributed by atoms with Crippen LogP contribution in [-0.4, -0.2) is 54.1 Å². The Morgan fingerprint density at radius 2 is 1.70 bits per heavy atom. The van der Waals surface area contributed by atoms with E-state index in [1.807, 2.05) is 29.2 Å². The van der Waals surface area contributed by atoms with E-state index in [2.05, 4.69) is 20.5 Å². The number of halogens is 1. The predicted molar refractivity (Wildman–Crippen MR) is 112 cm³/mol. The number of aromatic nitrogens is 3. The van der Waals surface area contributed by atoms with Crippen LogP contribution in [-0.2, 0) is 10.0 Å². The number of anilines is 3. The number of nitrogens with zero attached hydrogens (tertiary/aromatic N) is 5. The van der Waals surface area contributed by atoms with Crippen molar-refractivity contribution in [3.8, 4) is 0 Å². The summed E-state index contributed by atoms with van der Waals surface area (Å²) in [6.45, 7) is 3.19. The molecule has 0 aliphatic carbocycles. The first kappa shape index (κ1) is 20.2. The van der Waals surface area contributed by atoms with Gasteiger partial charge in [-0.2, -0.15) is 4.31 Å². The fourth-order valence-corrected chi connectivity index (χ4v) is 4.95. The Kier molecular flexibility index (Phi) is 5.60. The second-order valence-electron chi connectivity index (χ2n) is 6.94. The Morgan fingerprint density at radius 1 is 0.967 bits per heavy atom. The molecule has 1 N–H and O–H groups in total. The standard InChI is InChI=1S/C20H21FN6O2S/c1-15-2-3-16(21)14-18(15)30(28,29)27-12-10-26(11-13-27)20-5-4-19(24-25-20)23-17-6-8-22-9-7-17/h2-9,14H,10-13H2,1H3,(H,22,23,24). The van der Waals surface area contributed by atoms with Crippen LogP contribution in [0.4, 0.5) is 21.7 Å². The lowest BCUT2D eigenvalue weighted by atomic mass is 10.2. The molecule has 4 rings (SSSR count). The lowest BCUT2D eigenvalue weighted by Gasteiger charge is -2.34. The zero-order valence-electron chi connectivity index (χ0n) is 16.4. The summed E-state index contributed by atoms with van der Waals surface area (Å²) in [5, 5.41) is 11.6. The summed E-state index contributed by atoms with van der Waals surface area (Å²) in [5.41, 5.74) is 1.39. The largest absolute Gasteiger partial charge is 0.352 e. The maximum atomic E-state index is 13.6. The first-order valence-electron chi connectivity index (χ1n) is 9.45. The summed E-state index contributed by atoms with van der Waals surface area (Å²) in [4.78, 5) is 5.96. The van der Waals surface area contributed by atoms with Gasteiger partial charge in [-0.3, -0.25) is 4.98 Å². The molecule has 30 heavy (non-hydrogen) atoms. The van der Waals surface area contributed by atoms with Crippen molar-refractivity contribution in [2.75, 3.05) is 36.4 Å². The summed E-state index contributed by atoms with van der Waals surface area (Å²) in [5.74, 6) is 0.718. The molecule has 0 bridgehead atoms. The van der Waals surface area contributed by atoms with E-state index in [0.717, 1.165) is 11.8 Å². The summed E-state index contributed by atoms with van der Waals surface area (Å²) in [6, 6.07) is 11.1. The fourth-order valence-electron chi connectivity index (χ4n) is 3.29. The molecule has 1 saturated heterocycles. The quantitative estimate of drug-likeness (QED) is 0.668. The van der Waals surface area contributed by atoms with Crippen LogP contribution < -0.4 is 10.2 Å². The van der Waals surface area contributed by atoms with E-state index in [4.69, 9.17) is 0 Å². The van der Waals surface area contributed by atoms with Gasteiger partial charge in [-0.1, -0.05) is 6.07 Å². The zero-order chi connectivity index (χ0) is 21.1. The maximum Gasteiger partial charge on any atom is 0.243 e. The van der Waals surface area contributed by atoms with Gasteiger partial charge in [-0.15, -0.1) is 10.2 Å². The maximum absolute atomic E-state index is 13.6. The number of pyridine rings is 1. The Bertz CT molecular complexity index is 1120. The molecule has 8 nitrogen and oxygen atoms in total. The molecule has 1 aliphatic rings. The van der Waals surface area contributed by atoms with E-state index in [-0.39, 0.29) is 18.0 Å². The molecule has 2 aromatic heterocycles. The normalized spacial score (nSPS) is 15.2. The van der Waals surface area contributed by atoms with E-state index in [1.165, 1.54) is 16.4 Å². The van der Waals surface area contributed by atoms with E-state index >= 15 is 0 Å². The lowest BCUT2D eigenvalue weighted by molar-refractivity contribution is 0.383. The molecule has 0 atom stereocenters. The minimum atomic E-state index is -3.75. The van der Waals surface area contributed by atoms with Crippen molar-refractivity contribution in [1.29, 1.82) is 0 Å². The summed E-state index contributed by atoms with van der Waals surface area (Å²) in [6.07, 6.45) is 3.37. The van der Waals surface area contributed by atoms with Crippen molar-refractivity contribution in [1.82, 2.24) is 19.5 Å². The van der Waals surface area contributed by atoms with Gasteiger partial charge in [0.25, 0.3) is 0 Å². The Morgan fingerprint density at radius 3 is 2.37 bits per heavy atom. The molecular formula is C20H21FN6O2S. The van der Waals surface area contributed by atoms with Gasteiger partial charge in [0.2, 0.25) is 10.0 Å². The number of nitrogens with one attached hydrogen (secondary N) is 1. The average molecular weight is 428 g/mol. The van der Waals surface area contributed by atoms with E-state index in [1.54, 1.807) is 19.3 Å². The van der Waals surface area contributed by atoms with Crippen LogP contribution in [0.25, 0.3) is 0 Å². The second kappa shape index (κ2) is 8.33. The summed E-state index contributed by atoms with van der Waals surface area (Å²) >= 11 is 0. The summed E-state index contributed by atoms with van der Waals surface area (Å²) in [7, 11) is -3.75. The smallest absolute Gasteiger partial charge is 0.243 e. The van der Waals surface area contributed by atoms with E-state index in [9.17, 15) is 12.8 Å². The van der Waals surface area contributed by atoms with Gasteiger partial charge >= 0.3 is 0 Å². The monoisotopic (exact) mass is 428 g/mol. The van der Waals surface area contributed by atoms with Crippen LogP contribution in [0, 0.1) is 12.7 Å². The molecule has 1 fully saturated rings. The topological polar surface area (TPSA) is 91.3 Å². The number of sulfonamides is 1. The van der Waals surface area contributed by atoms with Gasteiger partial charge in [-0.05, 0) is 48.9 Å². The Labute approximate surface area is 174 Å². The molecule has 3 aromatic rings. The fraction of sp³-hybridized carbons (Fsp3) is 0.250. The number of rotatable bonds is 5. The third-order valence-electron chi connectivity index (χ3n) is 4.93. The van der Waals surface area contributed by atoms with E-state index in [0.29, 0.717) is 30.3 Å². The molecule has 0 spiro atoms. The lowest BCUT2D eigenvalue weighted by Crippen LogP contribution is -2.49. The molecule has 0 amide bonds. The Balaban J connectivity index is 1.41. The Hall–Kier alpha value is -3.11. The van der Waals surface area contributed by atoms with Crippen molar-refractivity contribution in [3.05, 3.63) is 66.2 Å². The third kappa shape index (κ3) is 4.24. The SMILES string of the molecule is Cc1ccc(F)cc1S(=O)(=O)N1CCN(c2ccc(Nc3ccncc3)nn2)CC1. The predicted octanol–water partition coefficient (Wildman–Crippen LogP) is 2.57. The third-order valence-corrected chi connectivity index (χ3v) is 6.97. The minimum Gasteiger partial charge on any atom is -0.352 e. The van der Waals surface area contributed by atoms with Crippen molar-refractivity contribution >= 4 is 27.3 Å². The van der Waals surface area contributed by atoms with Crippen LogP contribution >= 0.6 is 0 Å².